The maximum atomic E-state index is 3.31. The summed E-state index contributed by atoms with van der Waals surface area (Å²) < 4.78 is 2.02. The fourth-order valence-electron chi connectivity index (χ4n) is 4.87. The molecule has 8 nitrogen and oxygen atoms in total. The van der Waals surface area contributed by atoms with Crippen LogP contribution >= 0.6 is 11.8 Å². The van der Waals surface area contributed by atoms with Crippen LogP contribution in [0.15, 0.2) is 97.1 Å². The van der Waals surface area contributed by atoms with Crippen molar-refractivity contribution in [1.29, 1.82) is 0 Å². The first-order valence-corrected chi connectivity index (χ1v) is 18.1. The third-order valence-electron chi connectivity index (χ3n) is 7.71. The summed E-state index contributed by atoms with van der Waals surface area (Å²) in [7, 11) is 4.04. The van der Waals surface area contributed by atoms with E-state index in [-0.39, 0.29) is 0 Å². The minimum Gasteiger partial charge on any atom is -0.372 e. The van der Waals surface area contributed by atoms with Crippen LogP contribution in [0.3, 0.4) is 0 Å². The molecule has 0 aliphatic carbocycles. The Bertz CT molecular complexity index is 1280. The minimum atomic E-state index is 1.04. The van der Waals surface area contributed by atoms with Crippen molar-refractivity contribution in [2.75, 3.05) is 70.8 Å². The summed E-state index contributed by atoms with van der Waals surface area (Å²) in [6.45, 7) is 10.9. The smallest absolute Gasteiger partial charge is 0.170 e. The van der Waals surface area contributed by atoms with Crippen LogP contribution in [0.4, 0.5) is 28.4 Å². The third-order valence-corrected chi connectivity index (χ3v) is 8.76. The van der Waals surface area contributed by atoms with E-state index in [1.807, 2.05) is 49.5 Å². The highest BCUT2D eigenvalue weighted by Crippen LogP contribution is 2.21. The molecule has 0 aliphatic rings. The van der Waals surface area contributed by atoms with E-state index >= 15 is 0 Å². The van der Waals surface area contributed by atoms with E-state index in [0.29, 0.717) is 0 Å². The number of hydrogen-bond donors (Lipinski definition) is 5. The number of hydrogen-bond acceptors (Lipinski definition) is 7. The molecular weight excluding hydrogens is 589 g/mol. The normalized spacial score (nSPS) is 11.5. The van der Waals surface area contributed by atoms with Crippen LogP contribution in [0.25, 0.3) is 0 Å². The number of quaternary nitrogens is 1. The number of thioether (sulfide) groups is 1. The van der Waals surface area contributed by atoms with Crippen LogP contribution in [0.5, 0.6) is 0 Å². The topological polar surface area (TPSA) is 75.1 Å². The van der Waals surface area contributed by atoms with Gasteiger partial charge in [-0.3, -0.25) is 0 Å². The van der Waals surface area contributed by atoms with Crippen molar-refractivity contribution in [1.82, 2.24) is 5.43 Å². The van der Waals surface area contributed by atoms with Crippen molar-refractivity contribution >= 4 is 40.2 Å². The Balaban J connectivity index is 1.44. The average Bonchev–Trinajstić information content (AvgIpc) is 3.09. The highest BCUT2D eigenvalue weighted by Gasteiger charge is 2.09. The van der Waals surface area contributed by atoms with E-state index in [0.717, 1.165) is 54.7 Å². The van der Waals surface area contributed by atoms with Crippen LogP contribution in [-0.4, -0.2) is 44.7 Å². The summed E-state index contributed by atoms with van der Waals surface area (Å²) in [6, 6.07) is 21.7. The number of nitrogens with one attached hydrogen (secondary N) is 4. The molecule has 2 aromatic carbocycles. The summed E-state index contributed by atoms with van der Waals surface area (Å²) in [5, 5.41) is 2.02. The van der Waals surface area contributed by atoms with Crippen molar-refractivity contribution in [2.45, 2.75) is 52.9 Å². The fourth-order valence-corrected chi connectivity index (χ4v) is 5.75. The molecule has 250 valence electrons. The summed E-state index contributed by atoms with van der Waals surface area (Å²) in [6.07, 6.45) is 16.2. The van der Waals surface area contributed by atoms with Gasteiger partial charge in [0, 0.05) is 61.5 Å². The maximum Gasteiger partial charge on any atom is 0.170 e. The number of unbranched alkanes of at least 4 members (excludes halogenated alkanes) is 2. The first kappa shape index (κ1) is 36.6. The van der Waals surface area contributed by atoms with E-state index in [4.69, 9.17) is 0 Å². The Hall–Kier alpha value is -3.82. The van der Waals surface area contributed by atoms with E-state index in [1.165, 1.54) is 49.2 Å². The first-order valence-electron chi connectivity index (χ1n) is 17.0. The van der Waals surface area contributed by atoms with E-state index in [9.17, 15) is 0 Å². The standard InChI is InChI=1S/C37H56N8S/c1-6-9-24-44(36-16-12-34(13-17-36)41-42-35-21-27-43(5)28-22-35)26-11-30-46-31-29-45(25-10-7-2)37-18-14-33(15-19-37)40-39-32(8-3)20-23-38-4/h8,12-23,27-28,38-41H,6-7,9-11,24-26,29-31H2,1-5H3/p+2. The maximum absolute atomic E-state index is 3.31. The number of aryl methyl sites for hydroxylation is 1. The summed E-state index contributed by atoms with van der Waals surface area (Å²) in [4.78, 5) is 5.09. The van der Waals surface area contributed by atoms with Crippen molar-refractivity contribution in [2.24, 2.45) is 7.05 Å². The van der Waals surface area contributed by atoms with Crippen LogP contribution in [-0.2, 0) is 7.05 Å². The SMILES string of the molecule is CC=C(C=C[NH2+]C)NNc1ccc(N(CCCC)CCSCCCN(CCCC)c2ccc(NNc3cc[n+](C)cc3)cc2)cc1. The molecule has 0 spiro atoms. The molecule has 6 N–H and O–H groups in total. The van der Waals surface area contributed by atoms with Gasteiger partial charge in [-0.05, 0) is 80.5 Å². The van der Waals surface area contributed by atoms with Gasteiger partial charge >= 0.3 is 0 Å². The lowest BCUT2D eigenvalue weighted by Crippen LogP contribution is -2.72. The van der Waals surface area contributed by atoms with E-state index < -0.39 is 0 Å². The second kappa shape index (κ2) is 21.8. The number of hydrazine groups is 2. The monoisotopic (exact) mass is 646 g/mol. The number of pyridine rings is 1. The second-order valence-corrected chi connectivity index (χ2v) is 12.7. The molecule has 0 aliphatic heterocycles. The predicted octanol–water partition coefficient (Wildman–Crippen LogP) is 6.51. The predicted molar refractivity (Wildman–Crippen MR) is 201 cm³/mol. The molecule has 0 fully saturated rings. The van der Waals surface area contributed by atoms with E-state index in [2.05, 4.69) is 130 Å². The van der Waals surface area contributed by atoms with Crippen molar-refractivity contribution in [3.05, 3.63) is 97.1 Å². The molecule has 0 amide bonds. The lowest BCUT2D eigenvalue weighted by Gasteiger charge is -2.26. The zero-order chi connectivity index (χ0) is 32.8. The molecular formula is C37H58N8S+2. The van der Waals surface area contributed by atoms with Gasteiger partial charge in [-0.1, -0.05) is 32.8 Å². The molecule has 1 heterocycles. The van der Waals surface area contributed by atoms with Gasteiger partial charge < -0.3 is 36.8 Å². The number of rotatable bonds is 23. The Morgan fingerprint density at radius 2 is 1.24 bits per heavy atom. The van der Waals surface area contributed by atoms with Gasteiger partial charge in [0.25, 0.3) is 0 Å². The van der Waals surface area contributed by atoms with Crippen LogP contribution in [0.1, 0.15) is 52.9 Å². The zero-order valence-electron chi connectivity index (χ0n) is 28.8. The van der Waals surface area contributed by atoms with Gasteiger partial charge in [0.05, 0.1) is 36.0 Å². The molecule has 0 atom stereocenters. The number of nitrogens with two attached hydrogens (primary N) is 1. The summed E-state index contributed by atoms with van der Waals surface area (Å²) in [5.74, 6) is 2.31. The molecule has 3 aromatic rings. The fraction of sp³-hybridized carbons (Fsp3) is 0.432. The molecule has 0 bridgehead atoms. The average molecular weight is 647 g/mol. The quantitative estimate of drug-likeness (QED) is 0.0348. The van der Waals surface area contributed by atoms with Crippen molar-refractivity contribution in [3.63, 3.8) is 0 Å². The molecule has 0 saturated carbocycles. The lowest BCUT2D eigenvalue weighted by molar-refractivity contribution is -0.671. The highest BCUT2D eigenvalue weighted by molar-refractivity contribution is 7.99. The number of allylic oxidation sites excluding steroid dienone is 2. The molecule has 0 unspecified atom stereocenters. The Morgan fingerprint density at radius 3 is 1.78 bits per heavy atom. The zero-order valence-corrected chi connectivity index (χ0v) is 29.6. The number of benzene rings is 2. The van der Waals surface area contributed by atoms with Crippen LogP contribution in [0, 0.1) is 0 Å². The van der Waals surface area contributed by atoms with Gasteiger partial charge in [-0.25, -0.2) is 4.57 Å². The molecule has 1 aromatic heterocycles. The van der Waals surface area contributed by atoms with Gasteiger partial charge in [-0.15, -0.1) is 0 Å². The highest BCUT2D eigenvalue weighted by atomic mass is 32.2. The van der Waals surface area contributed by atoms with Crippen LogP contribution < -0.4 is 41.4 Å². The van der Waals surface area contributed by atoms with E-state index in [1.54, 1.807) is 0 Å². The van der Waals surface area contributed by atoms with Gasteiger partial charge in [0.1, 0.15) is 7.05 Å². The summed E-state index contributed by atoms with van der Waals surface area (Å²) in [5.41, 5.74) is 20.0. The number of nitrogens with zero attached hydrogens (tertiary/aromatic N) is 3. The Morgan fingerprint density at radius 1 is 0.717 bits per heavy atom. The minimum absolute atomic E-state index is 1.04. The largest absolute Gasteiger partial charge is 0.372 e. The van der Waals surface area contributed by atoms with Gasteiger partial charge in [-0.2, -0.15) is 11.8 Å². The molecule has 0 saturated heterocycles. The second-order valence-electron chi connectivity index (χ2n) is 11.4. The number of anilines is 5. The van der Waals surface area contributed by atoms with Gasteiger partial charge in [0.15, 0.2) is 12.4 Å². The number of aromatic nitrogens is 1. The molecule has 46 heavy (non-hydrogen) atoms. The first-order chi connectivity index (χ1) is 22.6. The Labute approximate surface area is 282 Å². The molecule has 3 rings (SSSR count). The van der Waals surface area contributed by atoms with Crippen molar-refractivity contribution in [3.8, 4) is 0 Å². The van der Waals surface area contributed by atoms with Crippen molar-refractivity contribution < 1.29 is 9.88 Å². The van der Waals surface area contributed by atoms with Gasteiger partial charge in [0.2, 0.25) is 0 Å². The summed E-state index contributed by atoms with van der Waals surface area (Å²) >= 11 is 2.08. The third kappa shape index (κ3) is 13.7. The molecule has 9 heteroatoms. The lowest BCUT2D eigenvalue weighted by atomic mass is 10.2. The Kier molecular flexibility index (Phi) is 17.4. The van der Waals surface area contributed by atoms with Crippen LogP contribution in [0.2, 0.25) is 0 Å². The molecule has 0 radical (unpaired) electrons.